The van der Waals surface area contributed by atoms with E-state index in [2.05, 4.69) is 12.2 Å². The molecule has 3 nitrogen and oxygen atoms in total. The molecule has 0 aliphatic rings. The second-order valence-electron chi connectivity index (χ2n) is 3.91. The molecule has 0 fully saturated rings. The highest BCUT2D eigenvalue weighted by molar-refractivity contribution is 6.31. The number of carbonyl (C=O) groups excluding carboxylic acids is 1. The maximum atomic E-state index is 12.0. The van der Waals surface area contributed by atoms with E-state index in [-0.39, 0.29) is 5.91 Å². The number of carbonyl (C=O) groups is 1. The van der Waals surface area contributed by atoms with Crippen LogP contribution in [0.25, 0.3) is 0 Å². The van der Waals surface area contributed by atoms with Gasteiger partial charge in [-0.1, -0.05) is 24.9 Å². The number of nitrogens with one attached hydrogen (secondary N) is 1. The molecule has 1 N–H and O–H groups in total. The Morgan fingerprint density at radius 3 is 2.76 bits per heavy atom. The second kappa shape index (κ2) is 6.50. The van der Waals surface area contributed by atoms with E-state index in [9.17, 15) is 4.79 Å². The van der Waals surface area contributed by atoms with E-state index in [1.807, 2.05) is 6.92 Å². The van der Waals surface area contributed by atoms with Crippen LogP contribution in [-0.4, -0.2) is 19.6 Å². The van der Waals surface area contributed by atoms with E-state index in [1.165, 1.54) is 0 Å². The molecule has 1 aromatic rings. The molecule has 0 aromatic heterocycles. The fourth-order valence-corrected chi connectivity index (χ4v) is 1.92. The molecule has 1 rings (SSSR count). The van der Waals surface area contributed by atoms with Crippen LogP contribution in [-0.2, 0) is 0 Å². The third-order valence-electron chi connectivity index (χ3n) is 2.50. The van der Waals surface area contributed by atoms with E-state index in [0.717, 1.165) is 18.4 Å². The summed E-state index contributed by atoms with van der Waals surface area (Å²) in [7, 11) is 1.55. The number of ether oxygens (including phenoxy) is 1. The van der Waals surface area contributed by atoms with Gasteiger partial charge in [0.15, 0.2) is 0 Å². The summed E-state index contributed by atoms with van der Waals surface area (Å²) in [4.78, 5) is 12.0. The fraction of sp³-hybridized carbons (Fsp3) is 0.462. The van der Waals surface area contributed by atoms with Crippen LogP contribution >= 0.6 is 11.6 Å². The zero-order valence-corrected chi connectivity index (χ0v) is 11.2. The molecular formula is C13H18ClNO2. The van der Waals surface area contributed by atoms with E-state index < -0.39 is 0 Å². The van der Waals surface area contributed by atoms with E-state index >= 15 is 0 Å². The minimum Gasteiger partial charge on any atom is -0.496 e. The van der Waals surface area contributed by atoms with Crippen molar-refractivity contribution in [1.82, 2.24) is 5.32 Å². The number of amides is 1. The molecule has 0 heterocycles. The molecule has 0 aliphatic carbocycles. The molecule has 0 spiro atoms. The maximum Gasteiger partial charge on any atom is 0.255 e. The van der Waals surface area contributed by atoms with Crippen molar-refractivity contribution in [3.05, 3.63) is 28.3 Å². The minimum absolute atomic E-state index is 0.138. The summed E-state index contributed by atoms with van der Waals surface area (Å²) >= 11 is 5.95. The summed E-state index contributed by atoms with van der Waals surface area (Å²) in [6, 6.07) is 3.41. The van der Waals surface area contributed by atoms with Crippen LogP contribution in [0.2, 0.25) is 5.02 Å². The number of hydrogen-bond acceptors (Lipinski definition) is 2. The Morgan fingerprint density at radius 1 is 1.47 bits per heavy atom. The first-order valence-corrected chi connectivity index (χ1v) is 6.10. The minimum atomic E-state index is -0.138. The van der Waals surface area contributed by atoms with Gasteiger partial charge in [0.1, 0.15) is 5.75 Å². The van der Waals surface area contributed by atoms with Gasteiger partial charge >= 0.3 is 0 Å². The van der Waals surface area contributed by atoms with E-state index in [0.29, 0.717) is 22.9 Å². The Labute approximate surface area is 107 Å². The van der Waals surface area contributed by atoms with Crippen LogP contribution in [0.1, 0.15) is 35.7 Å². The summed E-state index contributed by atoms with van der Waals surface area (Å²) in [5.41, 5.74) is 1.36. The number of unbranched alkanes of at least 4 members (excludes halogenated alkanes) is 1. The molecule has 0 saturated carbocycles. The molecule has 0 atom stereocenters. The van der Waals surface area contributed by atoms with Crippen molar-refractivity contribution in [3.8, 4) is 5.75 Å². The summed E-state index contributed by atoms with van der Waals surface area (Å²) in [5.74, 6) is 0.448. The van der Waals surface area contributed by atoms with Crippen LogP contribution < -0.4 is 10.1 Å². The molecule has 0 bridgehead atoms. The summed E-state index contributed by atoms with van der Waals surface area (Å²) in [6.45, 7) is 4.62. The molecule has 4 heteroatoms. The van der Waals surface area contributed by atoms with Crippen LogP contribution in [0.3, 0.4) is 0 Å². The lowest BCUT2D eigenvalue weighted by Gasteiger charge is -2.12. The first-order valence-electron chi connectivity index (χ1n) is 5.72. The quantitative estimate of drug-likeness (QED) is 0.821. The Hall–Kier alpha value is -1.22. The van der Waals surface area contributed by atoms with Crippen molar-refractivity contribution in [3.63, 3.8) is 0 Å². The van der Waals surface area contributed by atoms with Crippen molar-refractivity contribution in [2.45, 2.75) is 26.7 Å². The molecule has 0 aliphatic heterocycles. The molecule has 94 valence electrons. The molecule has 0 unspecified atom stereocenters. The Bertz CT molecular complexity index is 405. The van der Waals surface area contributed by atoms with E-state index in [4.69, 9.17) is 16.3 Å². The summed E-state index contributed by atoms with van der Waals surface area (Å²) in [6.07, 6.45) is 2.01. The molecular weight excluding hydrogens is 238 g/mol. The lowest BCUT2D eigenvalue weighted by atomic mass is 10.1. The predicted molar refractivity (Wildman–Crippen MR) is 70.0 cm³/mol. The zero-order chi connectivity index (χ0) is 12.8. The number of rotatable bonds is 5. The molecule has 1 amide bonds. The SMILES string of the molecule is CCCCNC(=O)c1cc(Cl)cc(C)c1OC. The van der Waals surface area contributed by atoms with Gasteiger partial charge in [0, 0.05) is 11.6 Å². The van der Waals surface area contributed by atoms with E-state index in [1.54, 1.807) is 19.2 Å². The summed E-state index contributed by atoms with van der Waals surface area (Å²) in [5, 5.41) is 3.40. The molecule has 17 heavy (non-hydrogen) atoms. The largest absolute Gasteiger partial charge is 0.496 e. The van der Waals surface area contributed by atoms with Gasteiger partial charge in [0.05, 0.1) is 12.7 Å². The van der Waals surface area contributed by atoms with Gasteiger partial charge in [-0.25, -0.2) is 0 Å². The smallest absolute Gasteiger partial charge is 0.255 e. The highest BCUT2D eigenvalue weighted by atomic mass is 35.5. The van der Waals surface area contributed by atoms with Crippen molar-refractivity contribution < 1.29 is 9.53 Å². The Morgan fingerprint density at radius 2 is 2.18 bits per heavy atom. The van der Waals surface area contributed by atoms with Crippen LogP contribution in [0.5, 0.6) is 5.75 Å². The first kappa shape index (κ1) is 13.8. The lowest BCUT2D eigenvalue weighted by Crippen LogP contribution is -2.25. The van der Waals surface area contributed by atoms with Gasteiger partial charge in [-0.15, -0.1) is 0 Å². The molecule has 0 radical (unpaired) electrons. The van der Waals surface area contributed by atoms with Crippen molar-refractivity contribution in [2.24, 2.45) is 0 Å². The average molecular weight is 256 g/mol. The van der Waals surface area contributed by atoms with Gasteiger partial charge in [-0.05, 0) is 31.0 Å². The average Bonchev–Trinajstić information content (AvgIpc) is 2.28. The number of aryl methyl sites for hydroxylation is 1. The van der Waals surface area contributed by atoms with Gasteiger partial charge in [-0.3, -0.25) is 4.79 Å². The van der Waals surface area contributed by atoms with Crippen LogP contribution in [0.4, 0.5) is 0 Å². The Kier molecular flexibility index (Phi) is 5.29. The normalized spacial score (nSPS) is 10.1. The zero-order valence-electron chi connectivity index (χ0n) is 10.5. The Balaban J connectivity index is 2.91. The van der Waals surface area contributed by atoms with Gasteiger partial charge in [0.25, 0.3) is 5.91 Å². The predicted octanol–water partition coefficient (Wildman–Crippen LogP) is 3.19. The number of hydrogen-bond donors (Lipinski definition) is 1. The standard InChI is InChI=1S/C13H18ClNO2/c1-4-5-6-15-13(16)11-8-10(14)7-9(2)12(11)17-3/h7-8H,4-6H2,1-3H3,(H,15,16). The fourth-order valence-electron chi connectivity index (χ4n) is 1.64. The van der Waals surface area contributed by atoms with Gasteiger partial charge in [0.2, 0.25) is 0 Å². The number of benzene rings is 1. The number of methoxy groups -OCH3 is 1. The first-order chi connectivity index (χ1) is 8.10. The molecule has 0 saturated heterocycles. The van der Waals surface area contributed by atoms with Gasteiger partial charge < -0.3 is 10.1 Å². The maximum absolute atomic E-state index is 12.0. The third-order valence-corrected chi connectivity index (χ3v) is 2.72. The van der Waals surface area contributed by atoms with Gasteiger partial charge in [-0.2, -0.15) is 0 Å². The number of halogens is 1. The van der Waals surface area contributed by atoms with Crippen molar-refractivity contribution in [1.29, 1.82) is 0 Å². The highest BCUT2D eigenvalue weighted by Gasteiger charge is 2.14. The lowest BCUT2D eigenvalue weighted by molar-refractivity contribution is 0.0950. The highest BCUT2D eigenvalue weighted by Crippen LogP contribution is 2.27. The summed E-state index contributed by atoms with van der Waals surface area (Å²) < 4.78 is 5.24. The second-order valence-corrected chi connectivity index (χ2v) is 4.35. The monoisotopic (exact) mass is 255 g/mol. The van der Waals surface area contributed by atoms with Crippen LogP contribution in [0, 0.1) is 6.92 Å². The van der Waals surface area contributed by atoms with Crippen molar-refractivity contribution >= 4 is 17.5 Å². The third kappa shape index (κ3) is 3.63. The van der Waals surface area contributed by atoms with Crippen LogP contribution in [0.15, 0.2) is 12.1 Å². The van der Waals surface area contributed by atoms with Crippen molar-refractivity contribution in [2.75, 3.05) is 13.7 Å². The molecule has 1 aromatic carbocycles. The topological polar surface area (TPSA) is 38.3 Å².